The Kier molecular flexibility index (Phi) is 9.77. The Hall–Kier alpha value is 0.756. The molecule has 0 aromatic carbocycles. The van der Waals surface area contributed by atoms with E-state index in [-0.39, 0.29) is 76.9 Å². The minimum Gasteiger partial charge on any atom is -1.00 e. The molecule has 14 heavy (non-hydrogen) atoms. The zero-order valence-corrected chi connectivity index (χ0v) is 12.3. The normalized spacial score (nSPS) is 12.4. The summed E-state index contributed by atoms with van der Waals surface area (Å²) in [7, 11) is -3.94. The molecule has 0 heterocycles. The fourth-order valence-electron chi connectivity index (χ4n) is 0.700. The Bertz CT molecular complexity index is 293. The minimum absolute atomic E-state index is 0. The Morgan fingerprint density at radius 3 is 2.57 bits per heavy atom. The molecule has 1 unspecified atom stereocenters. The predicted molar refractivity (Wildman–Crippen MR) is 49.9 cm³/mol. The molecular weight excluding hydrogens is 233 g/mol. The number of hydrogen-bond donors (Lipinski definition) is 2. The van der Waals surface area contributed by atoms with Crippen molar-refractivity contribution < 1.29 is 70.6 Å². The molecule has 0 saturated heterocycles. The summed E-state index contributed by atoms with van der Waals surface area (Å²) in [4.78, 5) is 10.7. The summed E-state index contributed by atoms with van der Waals surface area (Å²) >= 11 is 0. The van der Waals surface area contributed by atoms with E-state index in [0.717, 1.165) is 6.08 Å². The van der Waals surface area contributed by atoms with E-state index in [9.17, 15) is 13.2 Å². The van der Waals surface area contributed by atoms with Crippen molar-refractivity contribution in [2.75, 3.05) is 5.75 Å². The largest absolute Gasteiger partial charge is 1.00 e. The maximum atomic E-state index is 10.7. The van der Waals surface area contributed by atoms with E-state index in [2.05, 4.69) is 11.9 Å². The molecule has 0 fully saturated rings. The summed E-state index contributed by atoms with van der Waals surface area (Å²) in [6.45, 7) is 4.89. The molecule has 0 radical (unpaired) electrons. The Morgan fingerprint density at radius 2 is 2.21 bits per heavy atom. The monoisotopic (exact) mass is 247 g/mol. The second-order valence-electron chi connectivity index (χ2n) is 2.69. The molecule has 0 bridgehead atoms. The van der Waals surface area contributed by atoms with Gasteiger partial charge in [-0.3, -0.25) is 9.35 Å². The minimum atomic E-state index is -3.94. The number of carbonyl (C=O) groups excluding carboxylic acids is 1. The first-order valence-corrected chi connectivity index (χ1v) is 5.34. The van der Waals surface area contributed by atoms with E-state index >= 15 is 0 Å². The van der Waals surface area contributed by atoms with Crippen molar-refractivity contribution in [1.82, 2.24) is 5.32 Å². The summed E-state index contributed by atoms with van der Waals surface area (Å²) in [6.07, 6.45) is 1.28. The third-order valence-corrected chi connectivity index (χ3v) is 2.13. The molecule has 0 saturated carbocycles. The molecule has 0 aromatic rings. The SMILES string of the molecule is C=CC(=O)NC(C)CCS(=O)(=O)O.[H-].[K+]. The zero-order chi connectivity index (χ0) is 10.5. The average Bonchev–Trinajstić information content (AvgIpc) is 1.99. The predicted octanol–water partition coefficient (Wildman–Crippen LogP) is -2.93. The summed E-state index contributed by atoms with van der Waals surface area (Å²) in [5.74, 6) is -0.714. The molecule has 7 heteroatoms. The van der Waals surface area contributed by atoms with E-state index < -0.39 is 10.1 Å². The first-order chi connectivity index (χ1) is 5.85. The third kappa shape index (κ3) is 10.8. The first kappa shape index (κ1) is 17.2. The van der Waals surface area contributed by atoms with Gasteiger partial charge in [0.15, 0.2) is 0 Å². The maximum absolute atomic E-state index is 10.7. The molecule has 0 spiro atoms. The third-order valence-electron chi connectivity index (χ3n) is 1.38. The van der Waals surface area contributed by atoms with Crippen LogP contribution in [0.5, 0.6) is 0 Å². The molecular formula is C7H14KNO4S. The Balaban J connectivity index is -0.000000720. The molecule has 0 rings (SSSR count). The van der Waals surface area contributed by atoms with Gasteiger partial charge in [-0.25, -0.2) is 0 Å². The number of carbonyl (C=O) groups is 1. The molecule has 0 aliphatic heterocycles. The summed E-state index contributed by atoms with van der Waals surface area (Å²) in [6, 6.07) is -0.299. The van der Waals surface area contributed by atoms with Crippen LogP contribution in [0.3, 0.4) is 0 Å². The fourth-order valence-corrected chi connectivity index (χ4v) is 1.35. The van der Waals surface area contributed by atoms with E-state index in [0.29, 0.717) is 0 Å². The van der Waals surface area contributed by atoms with Gasteiger partial charge in [0.05, 0.1) is 5.75 Å². The van der Waals surface area contributed by atoms with E-state index in [4.69, 9.17) is 4.55 Å². The summed E-state index contributed by atoms with van der Waals surface area (Å²) in [5.41, 5.74) is 0. The number of rotatable bonds is 5. The van der Waals surface area contributed by atoms with Crippen molar-refractivity contribution >= 4 is 16.0 Å². The Labute approximate surface area is 128 Å². The molecule has 78 valence electrons. The molecule has 0 aliphatic rings. The van der Waals surface area contributed by atoms with Gasteiger partial charge in [-0.1, -0.05) is 6.58 Å². The summed E-state index contributed by atoms with van der Waals surface area (Å²) in [5, 5.41) is 2.47. The fraction of sp³-hybridized carbons (Fsp3) is 0.571. The van der Waals surface area contributed by atoms with E-state index in [1.54, 1.807) is 6.92 Å². The van der Waals surface area contributed by atoms with Gasteiger partial charge in [-0.2, -0.15) is 8.42 Å². The van der Waals surface area contributed by atoms with E-state index in [1.165, 1.54) is 0 Å². The smallest absolute Gasteiger partial charge is 1.00 e. The van der Waals surface area contributed by atoms with Gasteiger partial charge >= 0.3 is 51.4 Å². The van der Waals surface area contributed by atoms with Gasteiger partial charge in [0, 0.05) is 6.04 Å². The van der Waals surface area contributed by atoms with Crippen molar-refractivity contribution in [3.63, 3.8) is 0 Å². The van der Waals surface area contributed by atoms with Crippen LogP contribution in [-0.2, 0) is 14.9 Å². The van der Waals surface area contributed by atoms with Gasteiger partial charge in [0.25, 0.3) is 10.1 Å². The molecule has 2 N–H and O–H groups in total. The second kappa shape index (κ2) is 7.97. The number of hydrogen-bond acceptors (Lipinski definition) is 3. The first-order valence-electron chi connectivity index (χ1n) is 3.73. The van der Waals surface area contributed by atoms with Gasteiger partial charge < -0.3 is 6.74 Å². The van der Waals surface area contributed by atoms with Crippen molar-refractivity contribution in [1.29, 1.82) is 0 Å². The van der Waals surface area contributed by atoms with E-state index in [1.807, 2.05) is 0 Å². The average molecular weight is 247 g/mol. The van der Waals surface area contributed by atoms with Crippen LogP contribution in [0.4, 0.5) is 0 Å². The maximum Gasteiger partial charge on any atom is 1.00 e. The van der Waals surface area contributed by atoms with Crippen LogP contribution in [0.25, 0.3) is 0 Å². The quantitative estimate of drug-likeness (QED) is 0.309. The number of amides is 1. The van der Waals surface area contributed by atoms with Crippen LogP contribution in [0, 0.1) is 0 Å². The van der Waals surface area contributed by atoms with Gasteiger partial charge in [-0.15, -0.1) is 0 Å². The van der Waals surface area contributed by atoms with Crippen LogP contribution in [0.1, 0.15) is 14.8 Å². The second-order valence-corrected chi connectivity index (χ2v) is 4.26. The molecule has 0 aliphatic carbocycles. The van der Waals surface area contributed by atoms with Gasteiger partial charge in [0.1, 0.15) is 0 Å². The van der Waals surface area contributed by atoms with Crippen molar-refractivity contribution in [2.45, 2.75) is 19.4 Å². The standard InChI is InChI=1S/C7H13NO4S.K.H/c1-3-7(9)8-6(2)4-5-13(10,11)12;;/h3,6H,1,4-5H2,2H3,(H,8,9)(H,10,11,12);;/q;+1;-1. The summed E-state index contributed by atoms with van der Waals surface area (Å²) < 4.78 is 29.0. The molecule has 1 amide bonds. The van der Waals surface area contributed by atoms with Crippen molar-refractivity contribution in [3.05, 3.63) is 12.7 Å². The van der Waals surface area contributed by atoms with Crippen molar-refractivity contribution in [2.24, 2.45) is 0 Å². The van der Waals surface area contributed by atoms with Gasteiger partial charge in [-0.05, 0) is 19.4 Å². The molecule has 1 atom stereocenters. The zero-order valence-electron chi connectivity index (χ0n) is 9.36. The van der Waals surface area contributed by atoms with Crippen molar-refractivity contribution in [3.8, 4) is 0 Å². The van der Waals surface area contributed by atoms with Crippen LogP contribution in [-0.4, -0.2) is 30.7 Å². The molecule has 5 nitrogen and oxygen atoms in total. The van der Waals surface area contributed by atoms with Crippen LogP contribution in [0.2, 0.25) is 0 Å². The van der Waals surface area contributed by atoms with Crippen LogP contribution >= 0.6 is 0 Å². The van der Waals surface area contributed by atoms with Crippen LogP contribution < -0.4 is 56.7 Å². The van der Waals surface area contributed by atoms with Crippen LogP contribution in [0.15, 0.2) is 12.7 Å². The van der Waals surface area contributed by atoms with Gasteiger partial charge in [0.2, 0.25) is 5.91 Å². The molecule has 0 aromatic heterocycles. The topological polar surface area (TPSA) is 83.5 Å². The Morgan fingerprint density at radius 1 is 1.71 bits per heavy atom. The number of nitrogens with one attached hydrogen (secondary N) is 1.